The third-order valence-electron chi connectivity index (χ3n) is 25.0. The number of aromatic nitrogens is 15. The van der Waals surface area contributed by atoms with Crippen molar-refractivity contribution in [2.24, 2.45) is 21.8 Å². The lowest BCUT2D eigenvalue weighted by Crippen LogP contribution is -2.44. The first-order valence-corrected chi connectivity index (χ1v) is 57.2. The highest BCUT2D eigenvalue weighted by Crippen LogP contribution is 2.37. The Hall–Kier alpha value is -11.8. The van der Waals surface area contributed by atoms with Crippen molar-refractivity contribution in [3.63, 3.8) is 0 Å². The van der Waals surface area contributed by atoms with Crippen LogP contribution in [0, 0.1) is 6.92 Å². The van der Waals surface area contributed by atoms with Gasteiger partial charge in [0.1, 0.15) is 41.2 Å². The summed E-state index contributed by atoms with van der Waals surface area (Å²) >= 11 is 0. The van der Waals surface area contributed by atoms with E-state index in [4.69, 9.17) is 84.8 Å². The molecule has 12 aromatic rings. The fraction of sp³-hybridized carbons (Fsp3) is 0.463. The number of nitrogens with zero attached hydrogens (tertiary/aromatic N) is 25. The Kier molecular flexibility index (Phi) is 31.6. The number of aryl methyl sites for hydroxylation is 1. The minimum atomic E-state index is -2.47. The maximum atomic E-state index is 13.1. The zero-order chi connectivity index (χ0) is 99.8. The van der Waals surface area contributed by atoms with Gasteiger partial charge in [0.15, 0.2) is 52.2 Å². The van der Waals surface area contributed by atoms with E-state index < -0.39 is 48.6 Å². The first-order valence-electron chi connectivity index (χ1n) is 46.9. The minimum Gasteiger partial charge on any atom is -0.399 e. The van der Waals surface area contributed by atoms with Crippen LogP contribution in [0.5, 0.6) is 0 Å². The number of anilines is 8. The van der Waals surface area contributed by atoms with Gasteiger partial charge in [-0.25, -0.2) is 65.9 Å². The summed E-state index contributed by atoms with van der Waals surface area (Å²) in [6.45, 7) is 26.1. The van der Waals surface area contributed by atoms with Crippen molar-refractivity contribution in [2.75, 3.05) is 231 Å². The molecule has 0 aliphatic carbocycles. The largest absolute Gasteiger partial charge is 0.399 e. The number of ether oxygens (including phenoxy) is 9. The van der Waals surface area contributed by atoms with Crippen LogP contribution >= 0.6 is 0 Å². The Morgan fingerprint density at radius 2 is 0.641 bits per heavy atom. The molecule has 21 rings (SSSR count). The molecule has 8 aromatic heterocycles. The number of rotatable bonds is 19. The number of hydrogen-bond donors (Lipinski definition) is 3. The molecule has 0 radical (unpaired) electrons. The molecular formula is C95H122N28O14S5. The van der Waals surface area contributed by atoms with Gasteiger partial charge in [-0.3, -0.25) is 9.13 Å². The van der Waals surface area contributed by atoms with E-state index in [0.29, 0.717) is 200 Å². The Balaban J connectivity index is 0.000000122. The van der Waals surface area contributed by atoms with Crippen molar-refractivity contribution in [2.45, 2.75) is 92.8 Å². The number of nitrogens with two attached hydrogens (primary N) is 3. The fourth-order valence-corrected chi connectivity index (χ4v) is 22.3. The lowest BCUT2D eigenvalue weighted by atomic mass is 10.2. The molecule has 42 nitrogen and oxygen atoms in total. The van der Waals surface area contributed by atoms with Crippen molar-refractivity contribution >= 4 is 146 Å². The van der Waals surface area contributed by atoms with Gasteiger partial charge in [-0.1, -0.05) is 48.5 Å². The average molecular weight is 2040 g/mol. The topological polar surface area (TPSA) is 502 Å². The monoisotopic (exact) mass is 2040 g/mol. The van der Waals surface area contributed by atoms with Gasteiger partial charge >= 0.3 is 0 Å². The molecule has 0 spiro atoms. The molecule has 9 atom stereocenters. The van der Waals surface area contributed by atoms with Gasteiger partial charge in [0.05, 0.1) is 226 Å². The molecule has 9 aliphatic heterocycles. The van der Waals surface area contributed by atoms with Gasteiger partial charge in [-0.2, -0.15) is 41.7 Å². The molecule has 0 bridgehead atoms. The van der Waals surface area contributed by atoms with E-state index >= 15 is 0 Å². The van der Waals surface area contributed by atoms with Crippen LogP contribution < -0.4 is 41.7 Å². The Morgan fingerprint density at radius 3 is 0.972 bits per heavy atom. The van der Waals surface area contributed by atoms with E-state index in [2.05, 4.69) is 121 Å². The van der Waals surface area contributed by atoms with Gasteiger partial charge < -0.3 is 84.3 Å². The predicted molar refractivity (Wildman–Crippen MR) is 555 cm³/mol. The zero-order valence-corrected chi connectivity index (χ0v) is 85.6. The van der Waals surface area contributed by atoms with Gasteiger partial charge in [0, 0.05) is 150 Å². The molecule has 17 heterocycles. The summed E-state index contributed by atoms with van der Waals surface area (Å²) in [7, 11) is -12.2. The second-order valence-corrected chi connectivity index (χ2v) is 49.5. The summed E-state index contributed by atoms with van der Waals surface area (Å²) in [4.78, 5) is 70.9. The number of pyridine rings is 1. The van der Waals surface area contributed by atoms with Gasteiger partial charge in [0.2, 0.25) is 11.9 Å². The molecule has 0 amide bonds. The molecule has 142 heavy (non-hydrogen) atoms. The quantitative estimate of drug-likeness (QED) is 0.0633. The molecule has 9 fully saturated rings. The van der Waals surface area contributed by atoms with Crippen LogP contribution in [0.3, 0.4) is 0 Å². The highest BCUT2D eigenvalue weighted by molar-refractivity contribution is 7.94. The smallest absolute Gasteiger partial charge is 0.239 e. The highest BCUT2D eigenvalue weighted by Gasteiger charge is 2.35. The average Bonchev–Trinajstić information content (AvgIpc) is 1.65. The lowest BCUT2D eigenvalue weighted by molar-refractivity contribution is 0.0430. The number of hydrogen-bond acceptors (Lipinski definition) is 40. The Bertz CT molecular complexity index is 6880. The predicted octanol–water partition coefficient (Wildman–Crippen LogP) is 10.5. The van der Waals surface area contributed by atoms with E-state index in [-0.39, 0.29) is 51.2 Å². The van der Waals surface area contributed by atoms with E-state index in [1.807, 2.05) is 131 Å². The standard InChI is InChI=1S/C20H24N6O3S.3C19H25N5O3S.C18H23N7O2S/c1-14-10-28-8-7-25(14)19-9-18(24-30(2,27)15-11-29-12-15)22-20(23-19)26-13-21-16-5-3-4-6-17(16)26;3*1-13-10-26-7-6-24(13)18-9-17(23-28(2,25)16-11-27-12-16)21-19(22-18)14-4-3-5-15(20)8-14;1-12-11-27-9-8-24(12)16-10-15(23-28(3,4)26)21-18(22-16)25-13(2)20-17-14(25)6-5-7-19-17/h3-6,9,13-15H,7-8,10-12H2,1-2H3;3*3-5,8-9,13,16H,6-7,10-12,20H2,1-2H3;5-7,10,12H,8-9,11H2,1-4H3/t14-,30?;13-,28?;13-,28+;13-,28-;12-/m11111/s1. The van der Waals surface area contributed by atoms with Crippen LogP contribution in [0.25, 0.3) is 68.3 Å². The maximum Gasteiger partial charge on any atom is 0.239 e. The first kappa shape index (κ1) is 102. The third-order valence-corrected chi connectivity index (χ3v) is 33.9. The van der Waals surface area contributed by atoms with Crippen molar-refractivity contribution in [1.82, 2.24) is 73.9 Å². The maximum absolute atomic E-state index is 13.1. The summed E-state index contributed by atoms with van der Waals surface area (Å²) in [5.41, 5.74) is 25.3. The molecule has 2 unspecified atom stereocenters. The second kappa shape index (κ2) is 44.2. The molecule has 4 aromatic carbocycles. The van der Waals surface area contributed by atoms with Crippen molar-refractivity contribution in [1.29, 1.82) is 0 Å². The van der Waals surface area contributed by atoms with Crippen LogP contribution in [-0.4, -0.2) is 335 Å². The molecule has 47 heteroatoms. The number of nitrogen functional groups attached to an aromatic ring is 3. The van der Waals surface area contributed by atoms with Crippen molar-refractivity contribution < 1.29 is 63.7 Å². The third kappa shape index (κ3) is 24.8. The molecular weight excluding hydrogens is 1920 g/mol. The van der Waals surface area contributed by atoms with Crippen LogP contribution in [0.4, 0.5) is 75.2 Å². The molecule has 9 aliphatic rings. The van der Waals surface area contributed by atoms with Gasteiger partial charge in [-0.05, 0) is 102 Å². The summed E-state index contributed by atoms with van der Waals surface area (Å²) in [5.74, 6) is 8.94. The van der Waals surface area contributed by atoms with Crippen molar-refractivity contribution in [3.05, 3.63) is 158 Å². The van der Waals surface area contributed by atoms with E-state index in [1.54, 1.807) is 74.3 Å². The molecule has 756 valence electrons. The van der Waals surface area contributed by atoms with Crippen LogP contribution in [-0.2, 0) is 91.3 Å². The normalized spacial score (nSPS) is 21.4. The van der Waals surface area contributed by atoms with Crippen LogP contribution in [0.1, 0.15) is 40.4 Å². The van der Waals surface area contributed by atoms with Crippen LogP contribution in [0.15, 0.2) is 174 Å². The fourth-order valence-electron chi connectivity index (χ4n) is 16.6. The number of benzene rings is 4. The Morgan fingerprint density at radius 1 is 0.324 bits per heavy atom. The Labute approximate surface area is 827 Å². The van der Waals surface area contributed by atoms with E-state index in [9.17, 15) is 21.0 Å². The second-order valence-electron chi connectivity index (χ2n) is 36.6. The minimum absolute atomic E-state index is 0.0657. The molecule has 0 saturated carbocycles. The van der Waals surface area contributed by atoms with E-state index in [0.717, 1.165) is 101 Å². The number of morpholine rings is 5. The summed E-state index contributed by atoms with van der Waals surface area (Å²) in [6, 6.07) is 43.7. The summed E-state index contributed by atoms with van der Waals surface area (Å²) < 4.78 is 139. The summed E-state index contributed by atoms with van der Waals surface area (Å²) in [6.07, 6.45) is 13.3. The lowest BCUT2D eigenvalue weighted by Gasteiger charge is -2.34. The van der Waals surface area contributed by atoms with E-state index in [1.165, 1.54) is 0 Å². The highest BCUT2D eigenvalue weighted by atomic mass is 32.2. The van der Waals surface area contributed by atoms with Crippen LogP contribution in [0.2, 0.25) is 0 Å². The molecule has 9 saturated heterocycles. The molecule has 6 N–H and O–H groups in total. The zero-order valence-electron chi connectivity index (χ0n) is 81.6. The SMILES string of the molecule is C[C@@H]1COCCN1c1cc(N=S(C)(=O)C2COC2)nc(-c2cccc(N)c2)n1.C[C@@H]1COCCN1c1cc(N=S(C)(=O)C2COC2)nc(-n2cnc3ccccc32)n1.C[C@@H]1COCCN1c1cc(N=[S@@](C)(=O)C2COC2)nc(-c2cccc(N)c2)n1.C[C@@H]1COCCN1c1cc(N=[S@](C)(=O)C2COC2)nc(-c2cccc(N)c2)n1.Cc1nc2ncccc2n1-c1nc(N=S(C)(C)=O)cc(N2CCOC[C@H]2C)n1. The number of para-hydroxylation sites is 2. The van der Waals surface area contributed by atoms with Gasteiger partial charge in [0.25, 0.3) is 0 Å². The van der Waals surface area contributed by atoms with Gasteiger partial charge in [-0.15, -0.1) is 0 Å². The number of imidazole rings is 2. The van der Waals surface area contributed by atoms with Crippen molar-refractivity contribution in [3.8, 4) is 46.1 Å². The first-order chi connectivity index (χ1) is 68.1. The number of fused-ring (bicyclic) bond motifs is 2. The summed E-state index contributed by atoms with van der Waals surface area (Å²) in [5, 5.41) is -0.270.